The van der Waals surface area contributed by atoms with Crippen molar-refractivity contribution in [2.45, 2.75) is 38.5 Å². The van der Waals surface area contributed by atoms with Crippen molar-refractivity contribution in [3.63, 3.8) is 0 Å². The van der Waals surface area contributed by atoms with Gasteiger partial charge in [-0.2, -0.15) is 0 Å². The second-order valence-electron chi connectivity index (χ2n) is 7.34. The van der Waals surface area contributed by atoms with Gasteiger partial charge in [0.2, 0.25) is 5.91 Å². The first-order valence-electron chi connectivity index (χ1n) is 9.53. The van der Waals surface area contributed by atoms with E-state index < -0.39 is 0 Å². The fourth-order valence-electron chi connectivity index (χ4n) is 3.84. The number of carbonyl (C=O) groups is 2. The molecule has 1 atom stereocenters. The minimum absolute atomic E-state index is 0.0000878. The molecule has 2 heterocycles. The maximum absolute atomic E-state index is 12.9. The summed E-state index contributed by atoms with van der Waals surface area (Å²) in [5, 5.41) is 3.02. The zero-order valence-electron chi connectivity index (χ0n) is 15.2. The molecule has 2 saturated heterocycles. The standard InChI is InChI=1S/C20H29N3O2/c1-22-12-8-9-16(15-22)19(24)21-18-11-5-4-10-17(18)20(25)23-13-6-2-3-7-14-23/h4-5,10-11,16H,2-3,6-9,12-15H2,1H3,(H,21,24)/t16-/m0/s1. The second kappa shape index (κ2) is 8.48. The summed E-state index contributed by atoms with van der Waals surface area (Å²) in [5.74, 6) is 0.0707. The summed E-state index contributed by atoms with van der Waals surface area (Å²) in [4.78, 5) is 29.7. The molecule has 3 rings (SSSR count). The Morgan fingerprint density at radius 3 is 2.44 bits per heavy atom. The SMILES string of the molecule is CN1CCC[C@H](C(=O)Nc2ccccc2C(=O)N2CCCCCC2)C1. The normalized spacial score (nSPS) is 22.3. The molecule has 2 aliphatic rings. The Labute approximate surface area is 150 Å². The highest BCUT2D eigenvalue weighted by Crippen LogP contribution is 2.22. The Bertz CT molecular complexity index is 609. The summed E-state index contributed by atoms with van der Waals surface area (Å²) in [6.45, 7) is 3.46. The van der Waals surface area contributed by atoms with Gasteiger partial charge in [-0.3, -0.25) is 9.59 Å². The van der Waals surface area contributed by atoms with Gasteiger partial charge in [-0.1, -0.05) is 25.0 Å². The average molecular weight is 343 g/mol. The molecule has 136 valence electrons. The van der Waals surface area contributed by atoms with Gasteiger partial charge in [0, 0.05) is 19.6 Å². The maximum atomic E-state index is 12.9. The van der Waals surface area contributed by atoms with E-state index in [1.165, 1.54) is 12.8 Å². The van der Waals surface area contributed by atoms with Crippen molar-refractivity contribution in [2.24, 2.45) is 5.92 Å². The summed E-state index contributed by atoms with van der Waals surface area (Å²) < 4.78 is 0. The maximum Gasteiger partial charge on any atom is 0.255 e. The first kappa shape index (κ1) is 17.9. The molecule has 0 radical (unpaired) electrons. The van der Waals surface area contributed by atoms with Gasteiger partial charge in [0.15, 0.2) is 0 Å². The van der Waals surface area contributed by atoms with Crippen LogP contribution >= 0.6 is 0 Å². The molecule has 1 N–H and O–H groups in total. The number of nitrogens with zero attached hydrogens (tertiary/aromatic N) is 2. The molecule has 0 bridgehead atoms. The number of rotatable bonds is 3. The first-order valence-corrected chi connectivity index (χ1v) is 9.53. The highest BCUT2D eigenvalue weighted by molar-refractivity contribution is 6.04. The van der Waals surface area contributed by atoms with Crippen LogP contribution in [0.3, 0.4) is 0 Å². The van der Waals surface area contributed by atoms with Gasteiger partial charge in [0.1, 0.15) is 0 Å². The van der Waals surface area contributed by atoms with Gasteiger partial charge >= 0.3 is 0 Å². The molecule has 0 saturated carbocycles. The Hall–Kier alpha value is -1.88. The van der Waals surface area contributed by atoms with E-state index in [2.05, 4.69) is 17.3 Å². The summed E-state index contributed by atoms with van der Waals surface area (Å²) >= 11 is 0. The third kappa shape index (κ3) is 4.60. The Kier molecular flexibility index (Phi) is 6.08. The predicted molar refractivity (Wildman–Crippen MR) is 99.7 cm³/mol. The van der Waals surface area contributed by atoms with Crippen molar-refractivity contribution < 1.29 is 9.59 Å². The smallest absolute Gasteiger partial charge is 0.255 e. The lowest BCUT2D eigenvalue weighted by Crippen LogP contribution is -2.39. The van der Waals surface area contributed by atoms with E-state index in [1.54, 1.807) is 0 Å². The van der Waals surface area contributed by atoms with E-state index in [0.717, 1.165) is 51.9 Å². The predicted octanol–water partition coefficient (Wildman–Crippen LogP) is 2.98. The van der Waals surface area contributed by atoms with Gasteiger partial charge in [-0.05, 0) is 51.4 Å². The lowest BCUT2D eigenvalue weighted by atomic mass is 9.97. The molecule has 0 aromatic heterocycles. The molecule has 2 aliphatic heterocycles. The van der Waals surface area contributed by atoms with Crippen LogP contribution in [-0.2, 0) is 4.79 Å². The van der Waals surface area contributed by atoms with Crippen LogP contribution in [0.5, 0.6) is 0 Å². The zero-order chi connectivity index (χ0) is 17.6. The molecule has 5 nitrogen and oxygen atoms in total. The molecule has 5 heteroatoms. The van der Waals surface area contributed by atoms with Gasteiger partial charge in [0.05, 0.1) is 17.2 Å². The molecule has 0 spiro atoms. The quantitative estimate of drug-likeness (QED) is 0.918. The largest absolute Gasteiger partial charge is 0.339 e. The van der Waals surface area contributed by atoms with Crippen molar-refractivity contribution in [3.05, 3.63) is 29.8 Å². The summed E-state index contributed by atoms with van der Waals surface area (Å²) in [7, 11) is 2.05. The van der Waals surface area contributed by atoms with Gasteiger partial charge in [-0.15, -0.1) is 0 Å². The number of carbonyl (C=O) groups excluding carboxylic acids is 2. The second-order valence-corrected chi connectivity index (χ2v) is 7.34. The molecule has 1 aromatic carbocycles. The molecular weight excluding hydrogens is 314 g/mol. The van der Waals surface area contributed by atoms with Gasteiger partial charge < -0.3 is 15.1 Å². The molecule has 25 heavy (non-hydrogen) atoms. The molecule has 0 unspecified atom stereocenters. The Balaban J connectivity index is 1.71. The molecule has 2 fully saturated rings. The van der Waals surface area contributed by atoms with E-state index in [1.807, 2.05) is 29.2 Å². The van der Waals surface area contributed by atoms with Gasteiger partial charge in [0.25, 0.3) is 5.91 Å². The number of amides is 2. The number of anilines is 1. The average Bonchev–Trinajstić information content (AvgIpc) is 2.91. The minimum atomic E-state index is 0.0000878. The van der Waals surface area contributed by atoms with E-state index in [4.69, 9.17) is 0 Å². The van der Waals surface area contributed by atoms with Crippen molar-refractivity contribution >= 4 is 17.5 Å². The third-order valence-electron chi connectivity index (χ3n) is 5.30. The van der Waals surface area contributed by atoms with E-state index in [9.17, 15) is 9.59 Å². The summed E-state index contributed by atoms with van der Waals surface area (Å²) in [6, 6.07) is 7.42. The molecule has 1 aromatic rings. The molecule has 2 amide bonds. The van der Waals surface area contributed by atoms with Crippen LogP contribution in [0.4, 0.5) is 5.69 Å². The van der Waals surface area contributed by atoms with Crippen LogP contribution in [0, 0.1) is 5.92 Å². The van der Waals surface area contributed by atoms with Crippen LogP contribution in [0.1, 0.15) is 48.9 Å². The van der Waals surface area contributed by atoms with Crippen molar-refractivity contribution in [2.75, 3.05) is 38.5 Å². The van der Waals surface area contributed by atoms with Crippen molar-refractivity contribution in [1.82, 2.24) is 9.80 Å². The van der Waals surface area contributed by atoms with Crippen LogP contribution in [0.2, 0.25) is 0 Å². The fourth-order valence-corrected chi connectivity index (χ4v) is 3.84. The topological polar surface area (TPSA) is 52.7 Å². The zero-order valence-corrected chi connectivity index (χ0v) is 15.2. The Morgan fingerprint density at radius 1 is 1.00 bits per heavy atom. The van der Waals surface area contributed by atoms with E-state index >= 15 is 0 Å². The number of hydrogen-bond donors (Lipinski definition) is 1. The highest BCUT2D eigenvalue weighted by Gasteiger charge is 2.26. The van der Waals surface area contributed by atoms with Crippen molar-refractivity contribution in [1.29, 1.82) is 0 Å². The highest BCUT2D eigenvalue weighted by atomic mass is 16.2. The summed E-state index contributed by atoms with van der Waals surface area (Å²) in [5.41, 5.74) is 1.26. The number of likely N-dealkylation sites (tertiary alicyclic amines) is 2. The van der Waals surface area contributed by atoms with Crippen LogP contribution in [0.15, 0.2) is 24.3 Å². The fraction of sp³-hybridized carbons (Fsp3) is 0.600. The number of nitrogens with one attached hydrogen (secondary N) is 1. The number of benzene rings is 1. The number of para-hydroxylation sites is 1. The Morgan fingerprint density at radius 2 is 1.72 bits per heavy atom. The lowest BCUT2D eigenvalue weighted by Gasteiger charge is -2.29. The summed E-state index contributed by atoms with van der Waals surface area (Å²) in [6.07, 6.45) is 6.47. The number of piperidine rings is 1. The van der Waals surface area contributed by atoms with E-state index in [-0.39, 0.29) is 17.7 Å². The molecular formula is C20H29N3O2. The van der Waals surface area contributed by atoms with Crippen LogP contribution in [-0.4, -0.2) is 54.8 Å². The van der Waals surface area contributed by atoms with Crippen LogP contribution < -0.4 is 5.32 Å². The third-order valence-corrected chi connectivity index (χ3v) is 5.30. The van der Waals surface area contributed by atoms with Crippen LogP contribution in [0.25, 0.3) is 0 Å². The first-order chi connectivity index (χ1) is 12.1. The number of hydrogen-bond acceptors (Lipinski definition) is 3. The monoisotopic (exact) mass is 343 g/mol. The minimum Gasteiger partial charge on any atom is -0.339 e. The lowest BCUT2D eigenvalue weighted by molar-refractivity contribution is -0.121. The van der Waals surface area contributed by atoms with E-state index in [0.29, 0.717) is 11.3 Å². The van der Waals surface area contributed by atoms with Crippen molar-refractivity contribution in [3.8, 4) is 0 Å². The van der Waals surface area contributed by atoms with Gasteiger partial charge in [-0.25, -0.2) is 0 Å². The molecule has 0 aliphatic carbocycles.